The van der Waals surface area contributed by atoms with Crippen molar-refractivity contribution in [3.8, 4) is 11.3 Å². The molecule has 1 aromatic carbocycles. The zero-order valence-electron chi connectivity index (χ0n) is 11.9. The lowest BCUT2D eigenvalue weighted by Gasteiger charge is -2.12. The maximum absolute atomic E-state index is 12.3. The van der Waals surface area contributed by atoms with Crippen LogP contribution < -0.4 is 0 Å². The number of hydrogen-bond donors (Lipinski definition) is 1. The zero-order valence-corrected chi connectivity index (χ0v) is 11.9. The van der Waals surface area contributed by atoms with Gasteiger partial charge in [-0.3, -0.25) is 9.89 Å². The lowest BCUT2D eigenvalue weighted by molar-refractivity contribution is 0.0787. The van der Waals surface area contributed by atoms with Crippen molar-refractivity contribution in [1.82, 2.24) is 15.1 Å². The minimum absolute atomic E-state index is 0.0616. The summed E-state index contributed by atoms with van der Waals surface area (Å²) in [6.45, 7) is 5.84. The van der Waals surface area contributed by atoms with E-state index in [4.69, 9.17) is 0 Å². The van der Waals surface area contributed by atoms with Gasteiger partial charge in [-0.25, -0.2) is 0 Å². The van der Waals surface area contributed by atoms with Crippen molar-refractivity contribution in [3.05, 3.63) is 41.1 Å². The Kier molecular flexibility index (Phi) is 3.30. The van der Waals surface area contributed by atoms with E-state index in [2.05, 4.69) is 42.2 Å². The van der Waals surface area contributed by atoms with Crippen LogP contribution >= 0.6 is 0 Å². The second-order valence-electron chi connectivity index (χ2n) is 5.48. The normalized spacial score (nSPS) is 14.8. The molecule has 0 radical (unpaired) electrons. The van der Waals surface area contributed by atoms with Gasteiger partial charge >= 0.3 is 0 Å². The Labute approximate surface area is 118 Å². The number of carbonyl (C=O) groups is 1. The number of aromatic nitrogens is 2. The molecule has 1 aromatic heterocycles. The summed E-state index contributed by atoms with van der Waals surface area (Å²) in [5.74, 6) is 0.0616. The molecule has 1 aliphatic heterocycles. The molecule has 0 bridgehead atoms. The fourth-order valence-corrected chi connectivity index (χ4v) is 2.67. The van der Waals surface area contributed by atoms with Crippen LogP contribution in [0.25, 0.3) is 11.3 Å². The summed E-state index contributed by atoms with van der Waals surface area (Å²) >= 11 is 0. The molecule has 2 aromatic rings. The van der Waals surface area contributed by atoms with E-state index in [1.54, 1.807) is 0 Å². The molecule has 0 aliphatic carbocycles. The highest BCUT2D eigenvalue weighted by Crippen LogP contribution is 2.24. The molecule has 3 rings (SSSR count). The molecule has 0 unspecified atom stereocenters. The van der Waals surface area contributed by atoms with Crippen molar-refractivity contribution in [2.75, 3.05) is 13.1 Å². The SMILES string of the molecule is Cc1ccc(C)c(-c2cc(C(=O)N3CCCC3)[nH]n2)c1. The molecule has 1 saturated heterocycles. The van der Waals surface area contributed by atoms with E-state index in [9.17, 15) is 4.79 Å². The van der Waals surface area contributed by atoms with Crippen LogP contribution in [0.15, 0.2) is 24.3 Å². The Balaban J connectivity index is 1.89. The second kappa shape index (κ2) is 5.12. The minimum Gasteiger partial charge on any atom is -0.337 e. The molecule has 4 heteroatoms. The topological polar surface area (TPSA) is 49.0 Å². The fourth-order valence-electron chi connectivity index (χ4n) is 2.67. The molecule has 0 saturated carbocycles. The number of aromatic amines is 1. The van der Waals surface area contributed by atoms with Gasteiger partial charge in [0, 0.05) is 18.7 Å². The van der Waals surface area contributed by atoms with Crippen LogP contribution in [0, 0.1) is 13.8 Å². The summed E-state index contributed by atoms with van der Waals surface area (Å²) in [6.07, 6.45) is 2.20. The van der Waals surface area contributed by atoms with E-state index < -0.39 is 0 Å². The minimum atomic E-state index is 0.0616. The molecular formula is C16H19N3O. The molecule has 2 heterocycles. The fraction of sp³-hybridized carbons (Fsp3) is 0.375. The number of aryl methyl sites for hydroxylation is 2. The third-order valence-corrected chi connectivity index (χ3v) is 3.87. The summed E-state index contributed by atoms with van der Waals surface area (Å²) in [4.78, 5) is 14.2. The Hall–Kier alpha value is -2.10. The van der Waals surface area contributed by atoms with Crippen molar-refractivity contribution in [2.45, 2.75) is 26.7 Å². The third-order valence-electron chi connectivity index (χ3n) is 3.87. The molecule has 0 spiro atoms. The maximum Gasteiger partial charge on any atom is 0.271 e. The number of rotatable bonds is 2. The van der Waals surface area contributed by atoms with E-state index in [0.29, 0.717) is 5.69 Å². The Morgan fingerprint density at radius 1 is 1.20 bits per heavy atom. The largest absolute Gasteiger partial charge is 0.337 e. The molecule has 1 N–H and O–H groups in total. The van der Waals surface area contributed by atoms with Crippen molar-refractivity contribution in [1.29, 1.82) is 0 Å². The summed E-state index contributed by atoms with van der Waals surface area (Å²) in [7, 11) is 0. The van der Waals surface area contributed by atoms with E-state index >= 15 is 0 Å². The van der Waals surface area contributed by atoms with Crippen LogP contribution in [0.1, 0.15) is 34.5 Å². The Morgan fingerprint density at radius 3 is 2.70 bits per heavy atom. The van der Waals surface area contributed by atoms with E-state index in [1.807, 2.05) is 11.0 Å². The van der Waals surface area contributed by atoms with Gasteiger partial charge in [0.2, 0.25) is 0 Å². The van der Waals surface area contributed by atoms with Gasteiger partial charge in [-0.1, -0.05) is 17.7 Å². The number of benzene rings is 1. The van der Waals surface area contributed by atoms with Crippen LogP contribution in [-0.2, 0) is 0 Å². The Bertz CT molecular complexity index is 639. The highest BCUT2D eigenvalue weighted by molar-refractivity contribution is 5.93. The molecule has 1 amide bonds. The summed E-state index contributed by atoms with van der Waals surface area (Å²) in [6, 6.07) is 8.14. The number of H-pyrrole nitrogens is 1. The first kappa shape index (κ1) is 12.9. The molecule has 20 heavy (non-hydrogen) atoms. The summed E-state index contributed by atoms with van der Waals surface area (Å²) in [5.41, 5.74) is 4.88. The van der Waals surface area contributed by atoms with Gasteiger partial charge in [0.25, 0.3) is 5.91 Å². The number of nitrogens with zero attached hydrogens (tertiary/aromatic N) is 2. The highest BCUT2D eigenvalue weighted by atomic mass is 16.2. The van der Waals surface area contributed by atoms with Crippen LogP contribution in [0.5, 0.6) is 0 Å². The van der Waals surface area contributed by atoms with Gasteiger partial charge in [0.1, 0.15) is 5.69 Å². The smallest absolute Gasteiger partial charge is 0.271 e. The maximum atomic E-state index is 12.3. The number of nitrogens with one attached hydrogen (secondary N) is 1. The monoisotopic (exact) mass is 269 g/mol. The molecule has 1 aliphatic rings. The second-order valence-corrected chi connectivity index (χ2v) is 5.48. The number of hydrogen-bond acceptors (Lipinski definition) is 2. The van der Waals surface area contributed by atoms with Crippen LogP contribution in [-0.4, -0.2) is 34.1 Å². The van der Waals surface area contributed by atoms with Crippen LogP contribution in [0.2, 0.25) is 0 Å². The van der Waals surface area contributed by atoms with E-state index in [1.165, 1.54) is 11.1 Å². The predicted octanol–water partition coefficient (Wildman–Crippen LogP) is 2.93. The van der Waals surface area contributed by atoms with Gasteiger partial charge in [-0.2, -0.15) is 5.10 Å². The van der Waals surface area contributed by atoms with Crippen molar-refractivity contribution in [3.63, 3.8) is 0 Å². The lowest BCUT2D eigenvalue weighted by Crippen LogP contribution is -2.27. The third kappa shape index (κ3) is 2.33. The van der Waals surface area contributed by atoms with Crippen LogP contribution in [0.3, 0.4) is 0 Å². The summed E-state index contributed by atoms with van der Waals surface area (Å²) in [5, 5.41) is 7.19. The first-order chi connectivity index (χ1) is 9.65. The number of amides is 1. The van der Waals surface area contributed by atoms with Gasteiger partial charge in [-0.05, 0) is 44.4 Å². The van der Waals surface area contributed by atoms with Gasteiger partial charge in [-0.15, -0.1) is 0 Å². The molecule has 104 valence electrons. The van der Waals surface area contributed by atoms with Gasteiger partial charge < -0.3 is 4.90 Å². The zero-order chi connectivity index (χ0) is 14.1. The lowest BCUT2D eigenvalue weighted by atomic mass is 10.0. The molecular weight excluding hydrogens is 250 g/mol. The molecule has 4 nitrogen and oxygen atoms in total. The van der Waals surface area contributed by atoms with Gasteiger partial charge in [0.15, 0.2) is 0 Å². The standard InChI is InChI=1S/C16H19N3O/c1-11-5-6-12(2)13(9-11)14-10-15(18-17-14)16(20)19-7-3-4-8-19/h5-6,9-10H,3-4,7-8H2,1-2H3,(H,17,18). The predicted molar refractivity (Wildman–Crippen MR) is 78.6 cm³/mol. The molecule has 0 atom stereocenters. The number of likely N-dealkylation sites (tertiary alicyclic amines) is 1. The van der Waals surface area contributed by atoms with E-state index in [-0.39, 0.29) is 5.91 Å². The highest BCUT2D eigenvalue weighted by Gasteiger charge is 2.21. The first-order valence-corrected chi connectivity index (χ1v) is 7.07. The quantitative estimate of drug-likeness (QED) is 0.911. The summed E-state index contributed by atoms with van der Waals surface area (Å²) < 4.78 is 0. The molecule has 1 fully saturated rings. The van der Waals surface area contributed by atoms with Crippen molar-refractivity contribution in [2.24, 2.45) is 0 Å². The Morgan fingerprint density at radius 2 is 1.95 bits per heavy atom. The number of carbonyl (C=O) groups excluding carboxylic acids is 1. The average molecular weight is 269 g/mol. The van der Waals surface area contributed by atoms with Crippen LogP contribution in [0.4, 0.5) is 0 Å². The first-order valence-electron chi connectivity index (χ1n) is 7.07. The van der Waals surface area contributed by atoms with Crippen molar-refractivity contribution < 1.29 is 4.79 Å². The average Bonchev–Trinajstić information content (AvgIpc) is 3.11. The van der Waals surface area contributed by atoms with E-state index in [0.717, 1.165) is 37.2 Å². The van der Waals surface area contributed by atoms with Crippen molar-refractivity contribution >= 4 is 5.91 Å². The van der Waals surface area contributed by atoms with Gasteiger partial charge in [0.05, 0.1) is 5.69 Å².